The van der Waals surface area contributed by atoms with Crippen molar-refractivity contribution in [2.75, 3.05) is 14.2 Å². The number of aryl methyl sites for hydroxylation is 2. The summed E-state index contributed by atoms with van der Waals surface area (Å²) in [6.07, 6.45) is 0. The van der Waals surface area contributed by atoms with Crippen LogP contribution in [0.5, 0.6) is 17.4 Å². The number of para-hydroxylation sites is 1. The number of benzene rings is 3. The number of ether oxygens (including phenoxy) is 3. The molecule has 1 heterocycles. The van der Waals surface area contributed by atoms with Gasteiger partial charge in [-0.1, -0.05) is 35.9 Å². The molecule has 0 radical (unpaired) electrons. The molecule has 0 saturated carbocycles. The van der Waals surface area contributed by atoms with Gasteiger partial charge in [0.05, 0.1) is 36.1 Å². The van der Waals surface area contributed by atoms with Gasteiger partial charge in [0.1, 0.15) is 11.5 Å². The summed E-state index contributed by atoms with van der Waals surface area (Å²) < 4.78 is 44.9. The van der Waals surface area contributed by atoms with Gasteiger partial charge in [-0.2, -0.15) is 9.78 Å². The van der Waals surface area contributed by atoms with E-state index in [9.17, 15) is 13.2 Å². The van der Waals surface area contributed by atoms with Crippen LogP contribution in [0.25, 0.3) is 5.69 Å². The Labute approximate surface area is 203 Å². The Morgan fingerprint density at radius 1 is 0.857 bits per heavy atom. The molecule has 0 unspecified atom stereocenters. The number of sulfone groups is 1. The van der Waals surface area contributed by atoms with Crippen molar-refractivity contribution < 1.29 is 27.4 Å². The minimum atomic E-state index is -4.07. The molecule has 0 aliphatic carbocycles. The normalized spacial score (nSPS) is 11.2. The Bertz CT molecular complexity index is 1450. The summed E-state index contributed by atoms with van der Waals surface area (Å²) in [5.74, 6) is -0.228. The fourth-order valence-electron chi connectivity index (χ4n) is 3.54. The molecule has 0 N–H and O–H groups in total. The van der Waals surface area contributed by atoms with Gasteiger partial charge in [-0.25, -0.2) is 13.2 Å². The molecule has 180 valence electrons. The van der Waals surface area contributed by atoms with Gasteiger partial charge >= 0.3 is 5.97 Å². The molecule has 0 atom stereocenters. The van der Waals surface area contributed by atoms with Crippen molar-refractivity contribution in [3.63, 3.8) is 0 Å². The second kappa shape index (κ2) is 9.63. The molecule has 0 saturated heterocycles. The Balaban J connectivity index is 1.88. The molecule has 0 fully saturated rings. The van der Waals surface area contributed by atoms with Gasteiger partial charge in [0.15, 0.2) is 4.90 Å². The van der Waals surface area contributed by atoms with Crippen LogP contribution in [0.2, 0.25) is 0 Å². The third-order valence-corrected chi connectivity index (χ3v) is 7.24. The van der Waals surface area contributed by atoms with Crippen molar-refractivity contribution in [2.24, 2.45) is 0 Å². The number of carbonyl (C=O) groups excluding carboxylic acids is 1. The molecule has 0 spiro atoms. The lowest BCUT2D eigenvalue weighted by Gasteiger charge is -2.12. The number of nitrogens with zero attached hydrogens (tertiary/aromatic N) is 2. The largest absolute Gasteiger partial charge is 0.497 e. The molecule has 4 rings (SSSR count). The van der Waals surface area contributed by atoms with Crippen LogP contribution in [0, 0.1) is 13.8 Å². The monoisotopic (exact) mass is 492 g/mol. The SMILES string of the molecule is COc1cc(OC)cc(C(=O)Oc2c(S(=O)(=O)c3ccc(C)cc3)c(C)nn2-c2ccccc2)c1. The highest BCUT2D eigenvalue weighted by Gasteiger charge is 2.32. The number of carbonyl (C=O) groups is 1. The van der Waals surface area contributed by atoms with Crippen LogP contribution in [0.3, 0.4) is 0 Å². The minimum absolute atomic E-state index is 0.0687. The Morgan fingerprint density at radius 2 is 1.46 bits per heavy atom. The average molecular weight is 493 g/mol. The standard InChI is InChI=1S/C26H24N2O6S/c1-17-10-12-23(13-11-17)35(30,31)24-18(2)27-28(20-8-6-5-7-9-20)25(24)34-26(29)19-14-21(32-3)16-22(15-19)33-4/h5-16H,1-4H3. The zero-order valence-electron chi connectivity index (χ0n) is 19.7. The highest BCUT2D eigenvalue weighted by Crippen LogP contribution is 2.35. The number of rotatable bonds is 7. The maximum Gasteiger partial charge on any atom is 0.345 e. The highest BCUT2D eigenvalue weighted by molar-refractivity contribution is 7.91. The first-order chi connectivity index (χ1) is 16.7. The molecule has 1 aromatic heterocycles. The van der Waals surface area contributed by atoms with Gasteiger partial charge in [-0.05, 0) is 50.2 Å². The molecule has 0 aliphatic heterocycles. The van der Waals surface area contributed by atoms with E-state index in [0.29, 0.717) is 17.2 Å². The first-order valence-corrected chi connectivity index (χ1v) is 12.1. The lowest BCUT2D eigenvalue weighted by Crippen LogP contribution is -2.14. The van der Waals surface area contributed by atoms with Crippen molar-refractivity contribution in [3.8, 4) is 23.1 Å². The van der Waals surface area contributed by atoms with Crippen molar-refractivity contribution in [3.05, 3.63) is 89.6 Å². The van der Waals surface area contributed by atoms with Crippen LogP contribution in [0.4, 0.5) is 0 Å². The van der Waals surface area contributed by atoms with E-state index in [-0.39, 0.29) is 26.9 Å². The topological polar surface area (TPSA) is 96.7 Å². The van der Waals surface area contributed by atoms with Gasteiger partial charge in [0.25, 0.3) is 0 Å². The lowest BCUT2D eigenvalue weighted by atomic mass is 10.2. The van der Waals surface area contributed by atoms with Gasteiger partial charge in [0, 0.05) is 6.07 Å². The van der Waals surface area contributed by atoms with Crippen LogP contribution in [0.1, 0.15) is 21.6 Å². The van der Waals surface area contributed by atoms with Gasteiger partial charge in [0.2, 0.25) is 15.7 Å². The number of methoxy groups -OCH3 is 2. The molecule has 0 aliphatic rings. The number of hydrogen-bond donors (Lipinski definition) is 0. The molecule has 0 bridgehead atoms. The van der Waals surface area contributed by atoms with E-state index in [1.165, 1.54) is 43.2 Å². The van der Waals surface area contributed by atoms with E-state index in [0.717, 1.165) is 5.56 Å². The average Bonchev–Trinajstić information content (AvgIpc) is 3.20. The number of hydrogen-bond acceptors (Lipinski definition) is 7. The van der Waals surface area contributed by atoms with Crippen LogP contribution in [0.15, 0.2) is 82.6 Å². The molecule has 3 aromatic carbocycles. The Morgan fingerprint density at radius 3 is 2.03 bits per heavy atom. The van der Waals surface area contributed by atoms with Crippen LogP contribution >= 0.6 is 0 Å². The number of esters is 1. The van der Waals surface area contributed by atoms with E-state index < -0.39 is 15.8 Å². The first kappa shape index (κ1) is 24.0. The van der Waals surface area contributed by atoms with Crippen LogP contribution < -0.4 is 14.2 Å². The van der Waals surface area contributed by atoms with E-state index >= 15 is 0 Å². The summed E-state index contributed by atoms with van der Waals surface area (Å²) >= 11 is 0. The summed E-state index contributed by atoms with van der Waals surface area (Å²) in [5.41, 5.74) is 1.77. The Hall–Kier alpha value is -4.11. The summed E-state index contributed by atoms with van der Waals surface area (Å²) in [4.78, 5) is 13.1. The molecule has 8 nitrogen and oxygen atoms in total. The molecule has 4 aromatic rings. The van der Waals surface area contributed by atoms with Crippen molar-refractivity contribution in [1.82, 2.24) is 9.78 Å². The van der Waals surface area contributed by atoms with Gasteiger partial charge in [-0.3, -0.25) is 0 Å². The fourth-order valence-corrected chi connectivity index (χ4v) is 5.06. The van der Waals surface area contributed by atoms with Crippen molar-refractivity contribution in [2.45, 2.75) is 23.6 Å². The summed E-state index contributed by atoms with van der Waals surface area (Å²) in [7, 11) is -1.14. The molecule has 9 heteroatoms. The summed E-state index contributed by atoms with van der Waals surface area (Å²) in [5, 5.41) is 4.42. The summed E-state index contributed by atoms with van der Waals surface area (Å²) in [6.45, 7) is 3.43. The fraction of sp³-hybridized carbons (Fsp3) is 0.154. The molecular formula is C26H24N2O6S. The van der Waals surface area contributed by atoms with Gasteiger partial charge < -0.3 is 14.2 Å². The predicted octanol–water partition coefficient (Wildman–Crippen LogP) is 4.56. The van der Waals surface area contributed by atoms with Crippen molar-refractivity contribution >= 4 is 15.8 Å². The van der Waals surface area contributed by atoms with E-state index in [1.54, 1.807) is 49.4 Å². The van der Waals surface area contributed by atoms with E-state index in [2.05, 4.69) is 5.10 Å². The zero-order chi connectivity index (χ0) is 25.2. The van der Waals surface area contributed by atoms with E-state index in [1.807, 2.05) is 13.0 Å². The third kappa shape index (κ3) is 4.76. The molecule has 35 heavy (non-hydrogen) atoms. The van der Waals surface area contributed by atoms with Gasteiger partial charge in [-0.15, -0.1) is 0 Å². The Kier molecular flexibility index (Phi) is 6.61. The summed E-state index contributed by atoms with van der Waals surface area (Å²) in [6, 6.07) is 19.9. The predicted molar refractivity (Wildman–Crippen MR) is 129 cm³/mol. The molecular weight excluding hydrogens is 468 g/mol. The number of aromatic nitrogens is 2. The van der Waals surface area contributed by atoms with Crippen molar-refractivity contribution in [1.29, 1.82) is 0 Å². The maximum absolute atomic E-state index is 13.7. The van der Waals surface area contributed by atoms with Crippen LogP contribution in [-0.4, -0.2) is 38.4 Å². The van der Waals surface area contributed by atoms with Crippen LogP contribution in [-0.2, 0) is 9.84 Å². The quantitative estimate of drug-likeness (QED) is 0.349. The van der Waals surface area contributed by atoms with E-state index in [4.69, 9.17) is 14.2 Å². The second-order valence-electron chi connectivity index (χ2n) is 7.77. The first-order valence-electron chi connectivity index (χ1n) is 10.7. The molecule has 0 amide bonds. The maximum atomic E-state index is 13.7. The minimum Gasteiger partial charge on any atom is -0.497 e. The third-order valence-electron chi connectivity index (χ3n) is 5.34. The smallest absolute Gasteiger partial charge is 0.345 e. The second-order valence-corrected chi connectivity index (χ2v) is 9.66. The lowest BCUT2D eigenvalue weighted by molar-refractivity contribution is 0.0717. The highest BCUT2D eigenvalue weighted by atomic mass is 32.2. The zero-order valence-corrected chi connectivity index (χ0v) is 20.5.